The molecule has 0 aliphatic carbocycles. The molecule has 6 nitrogen and oxygen atoms in total. The SMILES string of the molecule is CNCCn1nnnc1SCCC1CCCO1. The molecule has 0 aromatic carbocycles. The Bertz CT molecular complexity index is 326. The zero-order valence-electron chi connectivity index (χ0n) is 10.1. The number of thioether (sulfide) groups is 1. The minimum absolute atomic E-state index is 0.448. The molecule has 2 rings (SSSR count). The van der Waals surface area contributed by atoms with Crippen molar-refractivity contribution in [3.05, 3.63) is 0 Å². The second-order valence-corrected chi connectivity index (χ2v) is 5.12. The summed E-state index contributed by atoms with van der Waals surface area (Å²) in [5.74, 6) is 1.02. The molecule has 96 valence electrons. The van der Waals surface area contributed by atoms with Crippen LogP contribution in [0.4, 0.5) is 0 Å². The molecule has 7 heteroatoms. The Hall–Kier alpha value is -0.660. The predicted octanol–water partition coefficient (Wildman–Crippen LogP) is 0.554. The van der Waals surface area contributed by atoms with Gasteiger partial charge in [0, 0.05) is 18.9 Å². The maximum absolute atomic E-state index is 5.59. The lowest BCUT2D eigenvalue weighted by Crippen LogP contribution is -2.16. The van der Waals surface area contributed by atoms with E-state index in [1.54, 1.807) is 11.8 Å². The van der Waals surface area contributed by atoms with Gasteiger partial charge in [0.25, 0.3) is 0 Å². The van der Waals surface area contributed by atoms with E-state index in [-0.39, 0.29) is 0 Å². The Balaban J connectivity index is 1.72. The first-order valence-corrected chi connectivity index (χ1v) is 7.04. The van der Waals surface area contributed by atoms with Gasteiger partial charge in [-0.3, -0.25) is 0 Å². The third-order valence-corrected chi connectivity index (χ3v) is 3.76. The fraction of sp³-hybridized carbons (Fsp3) is 0.900. The average molecular weight is 257 g/mol. The topological polar surface area (TPSA) is 64.9 Å². The van der Waals surface area contributed by atoms with Crippen LogP contribution >= 0.6 is 11.8 Å². The Morgan fingerprint density at radius 1 is 1.59 bits per heavy atom. The lowest BCUT2D eigenvalue weighted by Gasteiger charge is -2.08. The van der Waals surface area contributed by atoms with Crippen molar-refractivity contribution in [2.75, 3.05) is 26.0 Å². The molecule has 0 radical (unpaired) electrons. The number of nitrogens with zero attached hydrogens (tertiary/aromatic N) is 4. The van der Waals surface area contributed by atoms with Crippen LogP contribution in [0.5, 0.6) is 0 Å². The van der Waals surface area contributed by atoms with Crippen molar-refractivity contribution in [1.29, 1.82) is 0 Å². The largest absolute Gasteiger partial charge is 0.378 e. The van der Waals surface area contributed by atoms with Crippen LogP contribution in [0.3, 0.4) is 0 Å². The van der Waals surface area contributed by atoms with E-state index in [4.69, 9.17) is 4.74 Å². The Labute approximate surface area is 105 Å². The summed E-state index contributed by atoms with van der Waals surface area (Å²) >= 11 is 1.71. The molecule has 1 aliphatic rings. The molecule has 2 heterocycles. The molecule has 1 fully saturated rings. The first-order valence-electron chi connectivity index (χ1n) is 6.05. The van der Waals surface area contributed by atoms with E-state index < -0.39 is 0 Å². The van der Waals surface area contributed by atoms with Crippen LogP contribution in [-0.4, -0.2) is 52.3 Å². The average Bonchev–Trinajstić information content (AvgIpc) is 2.98. The molecule has 1 unspecified atom stereocenters. The van der Waals surface area contributed by atoms with Crippen LogP contribution in [0, 0.1) is 0 Å². The highest BCUT2D eigenvalue weighted by Gasteiger charge is 2.15. The van der Waals surface area contributed by atoms with Gasteiger partial charge in [-0.05, 0) is 36.7 Å². The molecule has 1 saturated heterocycles. The summed E-state index contributed by atoms with van der Waals surface area (Å²) in [6.07, 6.45) is 3.94. The van der Waals surface area contributed by atoms with Gasteiger partial charge in [0.15, 0.2) is 0 Å². The number of ether oxygens (including phenoxy) is 1. The highest BCUT2D eigenvalue weighted by Crippen LogP contribution is 2.20. The highest BCUT2D eigenvalue weighted by molar-refractivity contribution is 7.99. The molecule has 17 heavy (non-hydrogen) atoms. The smallest absolute Gasteiger partial charge is 0.209 e. The first kappa shape index (κ1) is 12.8. The predicted molar refractivity (Wildman–Crippen MR) is 66.1 cm³/mol. The number of hydrogen-bond acceptors (Lipinski definition) is 6. The van der Waals surface area contributed by atoms with E-state index in [1.165, 1.54) is 12.8 Å². The van der Waals surface area contributed by atoms with Gasteiger partial charge in [0.1, 0.15) is 0 Å². The third kappa shape index (κ3) is 3.93. The quantitative estimate of drug-likeness (QED) is 0.720. The van der Waals surface area contributed by atoms with E-state index in [0.29, 0.717) is 6.10 Å². The van der Waals surface area contributed by atoms with Crippen molar-refractivity contribution in [3.8, 4) is 0 Å². The molecule has 1 aromatic rings. The minimum atomic E-state index is 0.448. The molecule has 0 bridgehead atoms. The number of rotatable bonds is 7. The summed E-state index contributed by atoms with van der Waals surface area (Å²) in [6.45, 7) is 2.62. The number of aromatic nitrogens is 4. The van der Waals surface area contributed by atoms with Crippen LogP contribution in [0.15, 0.2) is 5.16 Å². The molecule has 0 spiro atoms. The Morgan fingerprint density at radius 3 is 3.29 bits per heavy atom. The van der Waals surface area contributed by atoms with Crippen LogP contribution in [0.2, 0.25) is 0 Å². The van der Waals surface area contributed by atoms with Gasteiger partial charge < -0.3 is 10.1 Å². The standard InChI is InChI=1S/C10H19N5OS/c1-11-5-6-15-10(12-13-14-15)17-8-4-9-3-2-7-16-9/h9,11H,2-8H2,1H3. The van der Waals surface area contributed by atoms with Gasteiger partial charge in [-0.25, -0.2) is 4.68 Å². The summed E-state index contributed by atoms with van der Waals surface area (Å²) in [5.41, 5.74) is 0. The Morgan fingerprint density at radius 2 is 2.53 bits per heavy atom. The van der Waals surface area contributed by atoms with E-state index in [0.717, 1.165) is 37.0 Å². The van der Waals surface area contributed by atoms with Crippen molar-refractivity contribution in [1.82, 2.24) is 25.5 Å². The third-order valence-electron chi connectivity index (χ3n) is 2.77. The minimum Gasteiger partial charge on any atom is -0.378 e. The number of likely N-dealkylation sites (N-methyl/N-ethyl adjacent to an activating group) is 1. The lowest BCUT2D eigenvalue weighted by molar-refractivity contribution is 0.109. The summed E-state index contributed by atoms with van der Waals surface area (Å²) in [4.78, 5) is 0. The summed E-state index contributed by atoms with van der Waals surface area (Å²) in [5, 5.41) is 15.7. The molecule has 1 aliphatic heterocycles. The van der Waals surface area contributed by atoms with Crippen molar-refractivity contribution in [2.45, 2.75) is 37.1 Å². The molecule has 1 aromatic heterocycles. The summed E-state index contributed by atoms with van der Waals surface area (Å²) < 4.78 is 7.43. The molecule has 0 amide bonds. The summed E-state index contributed by atoms with van der Waals surface area (Å²) in [7, 11) is 1.93. The van der Waals surface area contributed by atoms with Gasteiger partial charge in [-0.15, -0.1) is 5.10 Å². The van der Waals surface area contributed by atoms with Crippen molar-refractivity contribution in [2.24, 2.45) is 0 Å². The van der Waals surface area contributed by atoms with Crippen LogP contribution < -0.4 is 5.32 Å². The Kier molecular flexibility index (Phi) is 5.21. The molecule has 1 atom stereocenters. The maximum Gasteiger partial charge on any atom is 0.209 e. The van der Waals surface area contributed by atoms with Gasteiger partial charge >= 0.3 is 0 Å². The number of nitrogens with one attached hydrogen (secondary N) is 1. The fourth-order valence-corrected chi connectivity index (χ4v) is 2.75. The molecular weight excluding hydrogens is 238 g/mol. The molecule has 1 N–H and O–H groups in total. The van der Waals surface area contributed by atoms with Gasteiger partial charge in [-0.2, -0.15) is 0 Å². The highest BCUT2D eigenvalue weighted by atomic mass is 32.2. The van der Waals surface area contributed by atoms with Crippen LogP contribution in [0.25, 0.3) is 0 Å². The van der Waals surface area contributed by atoms with E-state index >= 15 is 0 Å². The van der Waals surface area contributed by atoms with Crippen molar-refractivity contribution < 1.29 is 4.74 Å². The number of tetrazole rings is 1. The first-order chi connectivity index (χ1) is 8.40. The van der Waals surface area contributed by atoms with E-state index in [9.17, 15) is 0 Å². The maximum atomic E-state index is 5.59. The fourth-order valence-electron chi connectivity index (χ4n) is 1.81. The van der Waals surface area contributed by atoms with Crippen molar-refractivity contribution >= 4 is 11.8 Å². The van der Waals surface area contributed by atoms with E-state index in [1.807, 2.05) is 11.7 Å². The molecule has 0 saturated carbocycles. The second kappa shape index (κ2) is 6.93. The zero-order chi connectivity index (χ0) is 11.9. The molecular formula is C10H19N5OS. The summed E-state index contributed by atoms with van der Waals surface area (Å²) in [6, 6.07) is 0. The van der Waals surface area contributed by atoms with Gasteiger partial charge in [0.05, 0.1) is 12.6 Å². The van der Waals surface area contributed by atoms with Gasteiger partial charge in [0.2, 0.25) is 5.16 Å². The lowest BCUT2D eigenvalue weighted by atomic mass is 10.2. The normalized spacial score (nSPS) is 19.9. The van der Waals surface area contributed by atoms with Crippen LogP contribution in [0.1, 0.15) is 19.3 Å². The van der Waals surface area contributed by atoms with Gasteiger partial charge in [-0.1, -0.05) is 11.8 Å². The van der Waals surface area contributed by atoms with E-state index in [2.05, 4.69) is 20.8 Å². The zero-order valence-corrected chi connectivity index (χ0v) is 10.9. The van der Waals surface area contributed by atoms with Crippen LogP contribution in [-0.2, 0) is 11.3 Å². The monoisotopic (exact) mass is 257 g/mol. The van der Waals surface area contributed by atoms with Crippen molar-refractivity contribution in [3.63, 3.8) is 0 Å². The second-order valence-electron chi connectivity index (χ2n) is 4.06. The number of hydrogen-bond donors (Lipinski definition) is 1.